The first kappa shape index (κ1) is 14.0. The van der Waals surface area contributed by atoms with E-state index in [1.807, 2.05) is 37.9 Å². The maximum Gasteiger partial charge on any atom is 0.255 e. The molecular formula is C15H23N3O. The van der Waals surface area contributed by atoms with Crippen molar-refractivity contribution in [3.8, 4) is 0 Å². The molecule has 0 aromatic carbocycles. The van der Waals surface area contributed by atoms with Gasteiger partial charge in [-0.2, -0.15) is 0 Å². The molecule has 0 aliphatic heterocycles. The lowest BCUT2D eigenvalue weighted by molar-refractivity contribution is 0.0698. The number of amides is 1. The summed E-state index contributed by atoms with van der Waals surface area (Å²) in [4.78, 5) is 18.8. The molecule has 1 aromatic rings. The molecule has 0 radical (unpaired) electrons. The smallest absolute Gasteiger partial charge is 0.255 e. The Bertz CT molecular complexity index is 472. The van der Waals surface area contributed by atoms with Crippen LogP contribution in [0.15, 0.2) is 12.1 Å². The van der Waals surface area contributed by atoms with Crippen LogP contribution in [0.1, 0.15) is 41.0 Å². The van der Waals surface area contributed by atoms with Crippen LogP contribution in [0.2, 0.25) is 0 Å². The number of aromatic nitrogens is 1. The molecule has 4 nitrogen and oxygen atoms in total. The van der Waals surface area contributed by atoms with E-state index in [1.54, 1.807) is 0 Å². The van der Waals surface area contributed by atoms with Crippen molar-refractivity contribution in [1.29, 1.82) is 0 Å². The molecule has 2 N–H and O–H groups in total. The van der Waals surface area contributed by atoms with E-state index in [9.17, 15) is 4.79 Å². The predicted molar refractivity (Wildman–Crippen MR) is 76.0 cm³/mol. The Kier molecular flexibility index (Phi) is 4.20. The van der Waals surface area contributed by atoms with Gasteiger partial charge in [0, 0.05) is 18.8 Å². The topological polar surface area (TPSA) is 59.2 Å². The molecule has 4 heteroatoms. The molecule has 1 aliphatic rings. The van der Waals surface area contributed by atoms with Crippen molar-refractivity contribution in [2.24, 2.45) is 11.7 Å². The van der Waals surface area contributed by atoms with Crippen LogP contribution in [0.3, 0.4) is 0 Å². The van der Waals surface area contributed by atoms with E-state index in [0.29, 0.717) is 18.0 Å². The number of carbonyl (C=O) groups excluding carboxylic acids is 1. The van der Waals surface area contributed by atoms with Crippen molar-refractivity contribution in [2.75, 3.05) is 13.6 Å². The van der Waals surface area contributed by atoms with Gasteiger partial charge in [0.15, 0.2) is 0 Å². The highest BCUT2D eigenvalue weighted by Gasteiger charge is 2.32. The van der Waals surface area contributed by atoms with Crippen molar-refractivity contribution in [3.63, 3.8) is 0 Å². The van der Waals surface area contributed by atoms with E-state index >= 15 is 0 Å². The highest BCUT2D eigenvalue weighted by molar-refractivity contribution is 5.95. The van der Waals surface area contributed by atoms with Crippen molar-refractivity contribution in [2.45, 2.75) is 39.2 Å². The minimum atomic E-state index is 0.0651. The summed E-state index contributed by atoms with van der Waals surface area (Å²) in [7, 11) is 1.89. The molecule has 2 atom stereocenters. The summed E-state index contributed by atoms with van der Waals surface area (Å²) in [6.45, 7) is 4.49. The molecule has 1 saturated carbocycles. The molecule has 1 amide bonds. The molecule has 104 valence electrons. The van der Waals surface area contributed by atoms with E-state index in [1.165, 1.54) is 0 Å². The highest BCUT2D eigenvalue weighted by Crippen LogP contribution is 2.29. The fourth-order valence-electron chi connectivity index (χ4n) is 3.06. The second kappa shape index (κ2) is 5.70. The Labute approximate surface area is 115 Å². The Morgan fingerprint density at radius 3 is 2.79 bits per heavy atom. The van der Waals surface area contributed by atoms with Crippen LogP contribution < -0.4 is 5.73 Å². The maximum absolute atomic E-state index is 12.6. The number of aryl methyl sites for hydroxylation is 2. The Hall–Kier alpha value is -1.42. The molecule has 0 bridgehead atoms. The molecule has 0 spiro atoms. The van der Waals surface area contributed by atoms with Gasteiger partial charge in [-0.15, -0.1) is 0 Å². The summed E-state index contributed by atoms with van der Waals surface area (Å²) in [5, 5.41) is 0. The van der Waals surface area contributed by atoms with Crippen LogP contribution >= 0.6 is 0 Å². The van der Waals surface area contributed by atoms with Crippen molar-refractivity contribution < 1.29 is 4.79 Å². The first-order valence-corrected chi connectivity index (χ1v) is 6.96. The van der Waals surface area contributed by atoms with Gasteiger partial charge < -0.3 is 10.6 Å². The molecular weight excluding hydrogens is 238 g/mol. The summed E-state index contributed by atoms with van der Waals surface area (Å²) in [5.41, 5.74) is 8.25. The zero-order valence-corrected chi connectivity index (χ0v) is 12.0. The first-order chi connectivity index (χ1) is 9.04. The Morgan fingerprint density at radius 1 is 1.42 bits per heavy atom. The summed E-state index contributed by atoms with van der Waals surface area (Å²) < 4.78 is 0. The van der Waals surface area contributed by atoms with Crippen LogP contribution in [-0.2, 0) is 0 Å². The Balaban J connectivity index is 2.19. The quantitative estimate of drug-likeness (QED) is 0.904. The lowest BCUT2D eigenvalue weighted by Crippen LogP contribution is -2.41. The average Bonchev–Trinajstić information content (AvgIpc) is 2.85. The summed E-state index contributed by atoms with van der Waals surface area (Å²) in [5.74, 6) is 0.503. The van der Waals surface area contributed by atoms with E-state index in [-0.39, 0.29) is 11.9 Å². The van der Waals surface area contributed by atoms with Crippen LogP contribution in [0, 0.1) is 19.8 Å². The van der Waals surface area contributed by atoms with E-state index in [0.717, 1.165) is 30.7 Å². The largest absolute Gasteiger partial charge is 0.338 e. The van der Waals surface area contributed by atoms with Gasteiger partial charge in [-0.3, -0.25) is 9.78 Å². The molecule has 1 aromatic heterocycles. The third kappa shape index (κ3) is 2.78. The van der Waals surface area contributed by atoms with E-state index in [2.05, 4.69) is 4.98 Å². The fraction of sp³-hybridized carbons (Fsp3) is 0.600. The minimum absolute atomic E-state index is 0.0651. The van der Waals surface area contributed by atoms with Gasteiger partial charge in [-0.05, 0) is 51.3 Å². The SMILES string of the molecule is Cc1ccc(C(=O)N(C)C2CCCC2CN)c(C)n1. The monoisotopic (exact) mass is 261 g/mol. The number of rotatable bonds is 3. The fourth-order valence-corrected chi connectivity index (χ4v) is 3.06. The van der Waals surface area contributed by atoms with Crippen LogP contribution in [0.5, 0.6) is 0 Å². The van der Waals surface area contributed by atoms with Crippen molar-refractivity contribution in [3.05, 3.63) is 29.1 Å². The zero-order chi connectivity index (χ0) is 14.0. The summed E-state index contributed by atoms with van der Waals surface area (Å²) in [6.07, 6.45) is 3.35. The van der Waals surface area contributed by atoms with Gasteiger partial charge in [-0.25, -0.2) is 0 Å². The summed E-state index contributed by atoms with van der Waals surface area (Å²) >= 11 is 0. The third-order valence-corrected chi connectivity index (χ3v) is 4.19. The summed E-state index contributed by atoms with van der Waals surface area (Å²) in [6, 6.07) is 4.05. The van der Waals surface area contributed by atoms with Gasteiger partial charge in [0.05, 0.1) is 11.3 Å². The van der Waals surface area contributed by atoms with Gasteiger partial charge in [0.25, 0.3) is 5.91 Å². The second-order valence-corrected chi connectivity index (χ2v) is 5.50. The van der Waals surface area contributed by atoms with Gasteiger partial charge in [0.2, 0.25) is 0 Å². The molecule has 0 saturated heterocycles. The van der Waals surface area contributed by atoms with Gasteiger partial charge in [-0.1, -0.05) is 6.42 Å². The molecule has 2 rings (SSSR count). The van der Waals surface area contributed by atoms with Crippen molar-refractivity contribution >= 4 is 5.91 Å². The van der Waals surface area contributed by atoms with Gasteiger partial charge >= 0.3 is 0 Å². The van der Waals surface area contributed by atoms with Crippen LogP contribution in [0.4, 0.5) is 0 Å². The van der Waals surface area contributed by atoms with Crippen molar-refractivity contribution in [1.82, 2.24) is 9.88 Å². The van der Waals surface area contributed by atoms with Crippen LogP contribution in [-0.4, -0.2) is 35.4 Å². The minimum Gasteiger partial charge on any atom is -0.338 e. The lowest BCUT2D eigenvalue weighted by atomic mass is 10.0. The zero-order valence-electron chi connectivity index (χ0n) is 12.0. The molecule has 19 heavy (non-hydrogen) atoms. The first-order valence-electron chi connectivity index (χ1n) is 6.96. The number of hydrogen-bond acceptors (Lipinski definition) is 3. The Morgan fingerprint density at radius 2 is 2.16 bits per heavy atom. The van der Waals surface area contributed by atoms with E-state index < -0.39 is 0 Å². The average molecular weight is 261 g/mol. The number of nitrogens with two attached hydrogens (primary N) is 1. The normalized spacial score (nSPS) is 22.5. The molecule has 1 aliphatic carbocycles. The number of carbonyl (C=O) groups is 1. The van der Waals surface area contributed by atoms with Gasteiger partial charge in [0.1, 0.15) is 0 Å². The second-order valence-electron chi connectivity index (χ2n) is 5.50. The third-order valence-electron chi connectivity index (χ3n) is 4.19. The lowest BCUT2D eigenvalue weighted by Gasteiger charge is -2.29. The van der Waals surface area contributed by atoms with Crippen LogP contribution in [0.25, 0.3) is 0 Å². The predicted octanol–water partition coefficient (Wildman–Crippen LogP) is 1.90. The molecule has 1 fully saturated rings. The number of pyridine rings is 1. The van der Waals surface area contributed by atoms with E-state index in [4.69, 9.17) is 5.73 Å². The maximum atomic E-state index is 12.6. The highest BCUT2D eigenvalue weighted by atomic mass is 16.2. The number of nitrogens with zero attached hydrogens (tertiary/aromatic N) is 2. The standard InChI is InChI=1S/C15H23N3O/c1-10-7-8-13(11(2)17-10)15(19)18(3)14-6-4-5-12(14)9-16/h7-8,12,14H,4-6,9,16H2,1-3H3. The molecule has 2 unspecified atom stereocenters. The molecule has 1 heterocycles. The number of hydrogen-bond donors (Lipinski definition) is 1.